The van der Waals surface area contributed by atoms with Crippen LogP contribution in [0, 0.1) is 0 Å². The number of nitrogens with zero attached hydrogens (tertiary/aromatic N) is 3. The Labute approximate surface area is 92.8 Å². The van der Waals surface area contributed by atoms with Gasteiger partial charge in [0.25, 0.3) is 0 Å². The first kappa shape index (κ1) is 13.0. The van der Waals surface area contributed by atoms with Crippen LogP contribution in [0.3, 0.4) is 0 Å². The maximum Gasteiger partial charge on any atom is 0.435 e. The molecule has 0 unspecified atom stereocenters. The number of halogens is 3. The van der Waals surface area contributed by atoms with E-state index in [4.69, 9.17) is 0 Å². The molecule has 1 rings (SSSR count). The Balaban J connectivity index is 2.53. The molecule has 0 N–H and O–H groups in total. The smallest absolute Gasteiger partial charge is 0.302 e. The zero-order chi connectivity index (χ0) is 12.2. The highest BCUT2D eigenvalue weighted by Crippen LogP contribution is 2.27. The van der Waals surface area contributed by atoms with Gasteiger partial charge in [-0.3, -0.25) is 4.68 Å². The van der Waals surface area contributed by atoms with E-state index in [9.17, 15) is 13.2 Å². The van der Waals surface area contributed by atoms with Crippen molar-refractivity contribution in [2.24, 2.45) is 0 Å². The third-order valence-corrected chi connectivity index (χ3v) is 2.47. The van der Waals surface area contributed by atoms with Crippen LogP contribution in [0.5, 0.6) is 0 Å². The van der Waals surface area contributed by atoms with Gasteiger partial charge >= 0.3 is 6.18 Å². The maximum absolute atomic E-state index is 12.2. The number of hydrogen-bond acceptors (Lipinski definition) is 2. The van der Waals surface area contributed by atoms with E-state index in [2.05, 4.69) is 10.00 Å². The molecule has 0 radical (unpaired) electrons. The van der Waals surface area contributed by atoms with Crippen molar-refractivity contribution >= 4 is 0 Å². The first-order valence-corrected chi connectivity index (χ1v) is 5.30. The Morgan fingerprint density at radius 3 is 2.38 bits per heavy atom. The maximum atomic E-state index is 12.2. The van der Waals surface area contributed by atoms with E-state index >= 15 is 0 Å². The molecule has 1 heterocycles. The zero-order valence-corrected chi connectivity index (χ0v) is 9.46. The third-order valence-electron chi connectivity index (χ3n) is 2.47. The van der Waals surface area contributed by atoms with Gasteiger partial charge in [-0.25, -0.2) is 0 Å². The molecule has 0 aromatic carbocycles. The van der Waals surface area contributed by atoms with Crippen molar-refractivity contribution in [1.29, 1.82) is 0 Å². The van der Waals surface area contributed by atoms with Crippen LogP contribution in [0.4, 0.5) is 13.2 Å². The SMILES string of the molecule is CCN(CC)CCn1ccc(C(F)(F)F)n1. The summed E-state index contributed by atoms with van der Waals surface area (Å²) in [6, 6.07) is 1.00. The van der Waals surface area contributed by atoms with Crippen molar-refractivity contribution in [2.75, 3.05) is 19.6 Å². The fourth-order valence-electron chi connectivity index (χ4n) is 1.42. The fourth-order valence-corrected chi connectivity index (χ4v) is 1.42. The summed E-state index contributed by atoms with van der Waals surface area (Å²) in [6.07, 6.45) is -2.98. The van der Waals surface area contributed by atoms with E-state index in [1.165, 1.54) is 10.9 Å². The lowest BCUT2D eigenvalue weighted by atomic mass is 10.4. The highest BCUT2D eigenvalue weighted by molar-refractivity contribution is 5.03. The minimum atomic E-state index is -4.35. The van der Waals surface area contributed by atoms with Crippen molar-refractivity contribution in [3.05, 3.63) is 18.0 Å². The molecule has 0 atom stereocenters. The summed E-state index contributed by atoms with van der Waals surface area (Å²) in [5, 5.41) is 3.49. The summed E-state index contributed by atoms with van der Waals surface area (Å²) in [5.74, 6) is 0. The number of rotatable bonds is 5. The van der Waals surface area contributed by atoms with E-state index in [1.54, 1.807) is 0 Å². The first-order valence-electron chi connectivity index (χ1n) is 5.30. The molecule has 0 saturated heterocycles. The molecule has 16 heavy (non-hydrogen) atoms. The zero-order valence-electron chi connectivity index (χ0n) is 9.46. The lowest BCUT2D eigenvalue weighted by Gasteiger charge is -2.17. The molecule has 0 aliphatic carbocycles. The number of hydrogen-bond donors (Lipinski definition) is 0. The van der Waals surface area contributed by atoms with Gasteiger partial charge in [-0.1, -0.05) is 13.8 Å². The van der Waals surface area contributed by atoms with Crippen molar-refractivity contribution in [1.82, 2.24) is 14.7 Å². The second kappa shape index (κ2) is 5.34. The summed E-state index contributed by atoms with van der Waals surface area (Å²) in [6.45, 7) is 7.03. The van der Waals surface area contributed by atoms with Gasteiger partial charge in [0.1, 0.15) is 0 Å². The molecule has 92 valence electrons. The predicted molar refractivity (Wildman–Crippen MR) is 55.0 cm³/mol. The van der Waals surface area contributed by atoms with Crippen LogP contribution in [0.1, 0.15) is 19.5 Å². The van der Waals surface area contributed by atoms with E-state index in [-0.39, 0.29) is 0 Å². The van der Waals surface area contributed by atoms with E-state index < -0.39 is 11.9 Å². The average molecular weight is 235 g/mol. The van der Waals surface area contributed by atoms with Gasteiger partial charge in [0.15, 0.2) is 5.69 Å². The molecule has 0 spiro atoms. The largest absolute Gasteiger partial charge is 0.435 e. The second-order valence-electron chi connectivity index (χ2n) is 3.49. The van der Waals surface area contributed by atoms with Crippen LogP contribution in [0.25, 0.3) is 0 Å². The van der Waals surface area contributed by atoms with Gasteiger partial charge in [-0.15, -0.1) is 0 Å². The molecule has 0 fully saturated rings. The quantitative estimate of drug-likeness (QED) is 0.780. The van der Waals surface area contributed by atoms with Crippen molar-refractivity contribution in [3.63, 3.8) is 0 Å². The molecular weight excluding hydrogens is 219 g/mol. The normalized spacial score (nSPS) is 12.4. The molecule has 0 aliphatic rings. The van der Waals surface area contributed by atoms with Crippen molar-refractivity contribution < 1.29 is 13.2 Å². The molecular formula is C10H16F3N3. The Hall–Kier alpha value is -1.04. The summed E-state index contributed by atoms with van der Waals surface area (Å²) in [5.41, 5.74) is -0.827. The van der Waals surface area contributed by atoms with E-state index in [1.807, 2.05) is 13.8 Å². The van der Waals surface area contributed by atoms with Gasteiger partial charge in [-0.05, 0) is 19.2 Å². The topological polar surface area (TPSA) is 21.1 Å². The van der Waals surface area contributed by atoms with E-state index in [0.717, 1.165) is 19.2 Å². The van der Waals surface area contributed by atoms with Gasteiger partial charge in [0.2, 0.25) is 0 Å². The molecule has 3 nitrogen and oxygen atoms in total. The predicted octanol–water partition coefficient (Wildman–Crippen LogP) is 2.24. The number of alkyl halides is 3. The van der Waals surface area contributed by atoms with Crippen molar-refractivity contribution in [2.45, 2.75) is 26.6 Å². The second-order valence-corrected chi connectivity index (χ2v) is 3.49. The summed E-state index contributed by atoms with van der Waals surface area (Å²) in [7, 11) is 0. The average Bonchev–Trinajstić information content (AvgIpc) is 2.67. The highest BCUT2D eigenvalue weighted by Gasteiger charge is 2.33. The van der Waals surface area contributed by atoms with E-state index in [0.29, 0.717) is 13.1 Å². The monoisotopic (exact) mass is 235 g/mol. The highest BCUT2D eigenvalue weighted by atomic mass is 19.4. The fraction of sp³-hybridized carbons (Fsp3) is 0.700. The van der Waals surface area contributed by atoms with Crippen LogP contribution in [-0.2, 0) is 12.7 Å². The Kier molecular flexibility index (Phi) is 4.35. The minimum absolute atomic E-state index is 0.484. The summed E-state index contributed by atoms with van der Waals surface area (Å²) < 4.78 is 38.1. The lowest BCUT2D eigenvalue weighted by Crippen LogP contribution is -2.27. The van der Waals surface area contributed by atoms with Gasteiger partial charge in [-0.2, -0.15) is 18.3 Å². The molecule has 0 bridgehead atoms. The van der Waals surface area contributed by atoms with Crippen LogP contribution in [0.2, 0.25) is 0 Å². The number of aromatic nitrogens is 2. The lowest BCUT2D eigenvalue weighted by molar-refractivity contribution is -0.141. The summed E-state index contributed by atoms with van der Waals surface area (Å²) in [4.78, 5) is 2.13. The van der Waals surface area contributed by atoms with Gasteiger partial charge < -0.3 is 4.90 Å². The molecule has 0 amide bonds. The number of likely N-dealkylation sites (N-methyl/N-ethyl adjacent to an activating group) is 1. The Bertz CT molecular complexity index is 315. The standard InChI is InChI=1S/C10H16F3N3/c1-3-15(4-2)7-8-16-6-5-9(14-16)10(11,12)13/h5-6H,3-4,7-8H2,1-2H3. The van der Waals surface area contributed by atoms with Crippen LogP contribution < -0.4 is 0 Å². The van der Waals surface area contributed by atoms with Crippen molar-refractivity contribution in [3.8, 4) is 0 Å². The van der Waals surface area contributed by atoms with Gasteiger partial charge in [0.05, 0.1) is 6.54 Å². The van der Waals surface area contributed by atoms with Crippen LogP contribution in [-0.4, -0.2) is 34.3 Å². The molecule has 1 aromatic heterocycles. The summed E-state index contributed by atoms with van der Waals surface area (Å²) >= 11 is 0. The minimum Gasteiger partial charge on any atom is -0.302 e. The molecule has 6 heteroatoms. The molecule has 0 aliphatic heterocycles. The molecule has 0 saturated carbocycles. The Morgan fingerprint density at radius 2 is 1.94 bits per heavy atom. The van der Waals surface area contributed by atoms with Crippen LogP contribution in [0.15, 0.2) is 12.3 Å². The third kappa shape index (κ3) is 3.52. The molecule has 1 aromatic rings. The Morgan fingerprint density at radius 1 is 1.31 bits per heavy atom. The van der Waals surface area contributed by atoms with Crippen LogP contribution >= 0.6 is 0 Å². The first-order chi connectivity index (χ1) is 7.47. The van der Waals surface area contributed by atoms with Gasteiger partial charge in [0, 0.05) is 12.7 Å².